The van der Waals surface area contributed by atoms with Gasteiger partial charge in [-0.15, -0.1) is 0 Å². The quantitative estimate of drug-likeness (QED) is 0.634. The van der Waals surface area contributed by atoms with Gasteiger partial charge in [-0.2, -0.15) is 0 Å². The number of anilines is 1. The fraction of sp³-hybridized carbons (Fsp3) is 0.429. The summed E-state index contributed by atoms with van der Waals surface area (Å²) in [6.07, 6.45) is 1.68. The van der Waals surface area contributed by atoms with Gasteiger partial charge in [0.25, 0.3) is 0 Å². The summed E-state index contributed by atoms with van der Waals surface area (Å²) in [5.74, 6) is -0.898. The van der Waals surface area contributed by atoms with E-state index in [-0.39, 0.29) is 12.5 Å². The van der Waals surface area contributed by atoms with Crippen LogP contribution in [-0.2, 0) is 16.0 Å². The summed E-state index contributed by atoms with van der Waals surface area (Å²) in [4.78, 5) is 22.2. The zero-order chi connectivity index (χ0) is 14.8. The Morgan fingerprint density at radius 1 is 1.30 bits per heavy atom. The summed E-state index contributed by atoms with van der Waals surface area (Å²) in [7, 11) is 1.64. The molecule has 0 unspecified atom stereocenters. The third kappa shape index (κ3) is 6.75. The second kappa shape index (κ2) is 8.92. The van der Waals surface area contributed by atoms with Crippen LogP contribution >= 0.6 is 0 Å². The lowest BCUT2D eigenvalue weighted by molar-refractivity contribution is -0.136. The number of carbonyl (C=O) groups is 2. The maximum absolute atomic E-state index is 11.6. The zero-order valence-corrected chi connectivity index (χ0v) is 11.5. The Morgan fingerprint density at radius 3 is 2.80 bits per heavy atom. The molecular weight excluding hydrogens is 260 g/mol. The second-order valence-electron chi connectivity index (χ2n) is 4.35. The van der Waals surface area contributed by atoms with E-state index in [1.54, 1.807) is 31.4 Å². The van der Waals surface area contributed by atoms with E-state index in [9.17, 15) is 9.59 Å². The van der Waals surface area contributed by atoms with Gasteiger partial charge < -0.3 is 20.5 Å². The Labute approximate surface area is 118 Å². The highest BCUT2D eigenvalue weighted by Gasteiger charge is 2.04. The van der Waals surface area contributed by atoms with Gasteiger partial charge in [0, 0.05) is 25.9 Å². The molecule has 0 fully saturated rings. The number of ether oxygens (including phenoxy) is 1. The van der Waals surface area contributed by atoms with E-state index in [0.717, 1.165) is 12.8 Å². The molecule has 0 aliphatic rings. The molecular formula is C14H20N2O4. The Bertz CT molecular complexity index is 449. The fourth-order valence-corrected chi connectivity index (χ4v) is 1.68. The highest BCUT2D eigenvalue weighted by Crippen LogP contribution is 2.11. The molecule has 3 N–H and O–H groups in total. The molecule has 0 aromatic heterocycles. The summed E-state index contributed by atoms with van der Waals surface area (Å²) >= 11 is 0. The molecule has 1 rings (SSSR count). The first-order valence-corrected chi connectivity index (χ1v) is 6.46. The summed E-state index contributed by atoms with van der Waals surface area (Å²) < 4.78 is 4.91. The number of carboxylic acid groups (broad SMARTS) is 1. The number of methoxy groups -OCH3 is 1. The SMILES string of the molecule is COCCCCNC(=O)Nc1cccc(CC(=O)O)c1. The summed E-state index contributed by atoms with van der Waals surface area (Å²) in [5.41, 5.74) is 1.23. The van der Waals surface area contributed by atoms with Gasteiger partial charge in [0.15, 0.2) is 0 Å². The topological polar surface area (TPSA) is 87.7 Å². The average Bonchev–Trinajstić information content (AvgIpc) is 2.38. The maximum Gasteiger partial charge on any atom is 0.319 e. The third-order valence-electron chi connectivity index (χ3n) is 2.60. The van der Waals surface area contributed by atoms with E-state index < -0.39 is 5.97 Å². The number of rotatable bonds is 8. The molecule has 0 saturated carbocycles. The summed E-state index contributed by atoms with van der Waals surface area (Å²) in [5, 5.41) is 14.1. The van der Waals surface area contributed by atoms with Crippen molar-refractivity contribution in [1.82, 2.24) is 5.32 Å². The normalized spacial score (nSPS) is 10.1. The van der Waals surface area contributed by atoms with Crippen LogP contribution in [0.1, 0.15) is 18.4 Å². The first-order chi connectivity index (χ1) is 9.61. The molecule has 2 amide bonds. The van der Waals surface area contributed by atoms with Crippen molar-refractivity contribution in [3.8, 4) is 0 Å². The first kappa shape index (κ1) is 16.0. The number of carbonyl (C=O) groups excluding carboxylic acids is 1. The molecule has 20 heavy (non-hydrogen) atoms. The van der Waals surface area contributed by atoms with Crippen LogP contribution in [-0.4, -0.2) is 37.4 Å². The number of hydrogen-bond donors (Lipinski definition) is 3. The molecule has 0 heterocycles. The lowest BCUT2D eigenvalue weighted by atomic mass is 10.1. The van der Waals surface area contributed by atoms with E-state index in [4.69, 9.17) is 9.84 Å². The Morgan fingerprint density at radius 2 is 2.10 bits per heavy atom. The van der Waals surface area contributed by atoms with Crippen molar-refractivity contribution in [2.75, 3.05) is 25.6 Å². The van der Waals surface area contributed by atoms with Crippen molar-refractivity contribution in [2.24, 2.45) is 0 Å². The lowest BCUT2D eigenvalue weighted by Crippen LogP contribution is -2.29. The molecule has 0 saturated heterocycles. The molecule has 0 bridgehead atoms. The van der Waals surface area contributed by atoms with Gasteiger partial charge in [-0.05, 0) is 30.5 Å². The van der Waals surface area contributed by atoms with Crippen molar-refractivity contribution in [2.45, 2.75) is 19.3 Å². The van der Waals surface area contributed by atoms with E-state index in [1.807, 2.05) is 0 Å². The largest absolute Gasteiger partial charge is 0.481 e. The van der Waals surface area contributed by atoms with Crippen LogP contribution in [0, 0.1) is 0 Å². The van der Waals surface area contributed by atoms with Crippen molar-refractivity contribution in [3.05, 3.63) is 29.8 Å². The molecule has 1 aromatic carbocycles. The number of carboxylic acids is 1. The van der Waals surface area contributed by atoms with Crippen LogP contribution in [0.4, 0.5) is 10.5 Å². The maximum atomic E-state index is 11.6. The molecule has 0 radical (unpaired) electrons. The molecule has 0 spiro atoms. The van der Waals surface area contributed by atoms with Crippen molar-refractivity contribution in [3.63, 3.8) is 0 Å². The molecule has 1 aromatic rings. The number of amides is 2. The van der Waals surface area contributed by atoms with E-state index >= 15 is 0 Å². The van der Waals surface area contributed by atoms with Crippen LogP contribution in [0.5, 0.6) is 0 Å². The predicted molar refractivity (Wildman–Crippen MR) is 75.9 cm³/mol. The molecule has 0 atom stereocenters. The van der Waals surface area contributed by atoms with Crippen LogP contribution in [0.25, 0.3) is 0 Å². The van der Waals surface area contributed by atoms with Crippen molar-refractivity contribution < 1.29 is 19.4 Å². The lowest BCUT2D eigenvalue weighted by Gasteiger charge is -2.08. The minimum atomic E-state index is -0.898. The second-order valence-corrected chi connectivity index (χ2v) is 4.35. The summed E-state index contributed by atoms with van der Waals surface area (Å²) in [6.45, 7) is 1.25. The average molecular weight is 280 g/mol. The van der Waals surface area contributed by atoms with Crippen LogP contribution in [0.15, 0.2) is 24.3 Å². The molecule has 0 aliphatic heterocycles. The smallest absolute Gasteiger partial charge is 0.319 e. The number of benzene rings is 1. The summed E-state index contributed by atoms with van der Waals surface area (Å²) in [6, 6.07) is 6.50. The Balaban J connectivity index is 2.36. The van der Waals surface area contributed by atoms with Crippen LogP contribution in [0.2, 0.25) is 0 Å². The van der Waals surface area contributed by atoms with Crippen molar-refractivity contribution in [1.29, 1.82) is 0 Å². The van der Waals surface area contributed by atoms with E-state index in [1.165, 1.54) is 0 Å². The monoisotopic (exact) mass is 280 g/mol. The zero-order valence-electron chi connectivity index (χ0n) is 11.5. The van der Waals surface area contributed by atoms with Gasteiger partial charge >= 0.3 is 12.0 Å². The van der Waals surface area contributed by atoms with Crippen LogP contribution in [0.3, 0.4) is 0 Å². The molecule has 110 valence electrons. The van der Waals surface area contributed by atoms with Gasteiger partial charge in [0.05, 0.1) is 6.42 Å². The van der Waals surface area contributed by atoms with Gasteiger partial charge in [0.2, 0.25) is 0 Å². The highest BCUT2D eigenvalue weighted by atomic mass is 16.5. The fourth-order valence-electron chi connectivity index (χ4n) is 1.68. The van der Waals surface area contributed by atoms with Gasteiger partial charge in [-0.3, -0.25) is 4.79 Å². The van der Waals surface area contributed by atoms with E-state index in [2.05, 4.69) is 10.6 Å². The first-order valence-electron chi connectivity index (χ1n) is 6.46. The van der Waals surface area contributed by atoms with Crippen molar-refractivity contribution >= 4 is 17.7 Å². The van der Waals surface area contributed by atoms with E-state index in [0.29, 0.717) is 24.4 Å². The third-order valence-corrected chi connectivity index (χ3v) is 2.60. The predicted octanol–water partition coefficient (Wildman–Crippen LogP) is 1.86. The standard InChI is InChI=1S/C14H20N2O4/c1-20-8-3-2-7-15-14(19)16-12-6-4-5-11(9-12)10-13(17)18/h4-6,9H,2-3,7-8,10H2,1H3,(H,17,18)(H2,15,16,19). The number of nitrogens with one attached hydrogen (secondary N) is 2. The Kier molecular flexibility index (Phi) is 7.13. The van der Waals surface area contributed by atoms with Crippen LogP contribution < -0.4 is 10.6 Å². The number of aliphatic carboxylic acids is 1. The minimum Gasteiger partial charge on any atom is -0.481 e. The Hall–Kier alpha value is -2.08. The number of hydrogen-bond acceptors (Lipinski definition) is 3. The minimum absolute atomic E-state index is 0.0614. The molecule has 0 aliphatic carbocycles. The highest BCUT2D eigenvalue weighted by molar-refractivity contribution is 5.89. The molecule has 6 heteroatoms. The molecule has 6 nitrogen and oxygen atoms in total. The van der Waals surface area contributed by atoms with Gasteiger partial charge in [0.1, 0.15) is 0 Å². The number of unbranched alkanes of at least 4 members (excludes halogenated alkanes) is 1. The van der Waals surface area contributed by atoms with Gasteiger partial charge in [-0.25, -0.2) is 4.79 Å². The number of urea groups is 1. The van der Waals surface area contributed by atoms with Gasteiger partial charge in [-0.1, -0.05) is 12.1 Å².